The SMILES string of the molecule is Cc1ncccc1C(=O)N([C@H](C)C(N)=O)[C@@H]1COc2c(F)cc(Cl)cc21. The van der Waals surface area contributed by atoms with E-state index in [0.29, 0.717) is 16.8 Å². The molecule has 0 saturated carbocycles. The number of ether oxygens (including phenoxy) is 1. The second-order valence-electron chi connectivity index (χ2n) is 6.06. The Morgan fingerprint density at radius 3 is 2.85 bits per heavy atom. The summed E-state index contributed by atoms with van der Waals surface area (Å²) in [6.07, 6.45) is 1.57. The number of fused-ring (bicyclic) bond motifs is 1. The lowest BCUT2D eigenvalue weighted by Gasteiger charge is -2.32. The molecule has 1 aliphatic heterocycles. The highest BCUT2D eigenvalue weighted by Gasteiger charge is 2.39. The summed E-state index contributed by atoms with van der Waals surface area (Å²) in [5, 5.41) is 0.174. The summed E-state index contributed by atoms with van der Waals surface area (Å²) in [7, 11) is 0. The minimum Gasteiger partial charge on any atom is -0.488 e. The number of nitrogens with two attached hydrogens (primary N) is 1. The summed E-state index contributed by atoms with van der Waals surface area (Å²) in [5.74, 6) is -1.72. The highest BCUT2D eigenvalue weighted by Crippen LogP contribution is 2.41. The van der Waals surface area contributed by atoms with Gasteiger partial charge in [0.25, 0.3) is 5.91 Å². The van der Waals surface area contributed by atoms with Crippen molar-refractivity contribution in [3.8, 4) is 5.75 Å². The summed E-state index contributed by atoms with van der Waals surface area (Å²) in [6, 6.07) is 4.26. The van der Waals surface area contributed by atoms with Crippen LogP contribution in [0.4, 0.5) is 4.39 Å². The van der Waals surface area contributed by atoms with Gasteiger partial charge < -0.3 is 15.4 Å². The zero-order valence-electron chi connectivity index (χ0n) is 14.2. The first-order valence-corrected chi connectivity index (χ1v) is 8.34. The van der Waals surface area contributed by atoms with Crippen LogP contribution in [0.2, 0.25) is 5.02 Å². The molecule has 0 radical (unpaired) electrons. The maximum absolute atomic E-state index is 14.1. The van der Waals surface area contributed by atoms with Crippen LogP contribution in [0.25, 0.3) is 0 Å². The van der Waals surface area contributed by atoms with Crippen molar-refractivity contribution < 1.29 is 18.7 Å². The fourth-order valence-corrected chi connectivity index (χ4v) is 3.25. The maximum atomic E-state index is 14.1. The first-order chi connectivity index (χ1) is 12.3. The summed E-state index contributed by atoms with van der Waals surface area (Å²) in [6.45, 7) is 3.20. The van der Waals surface area contributed by atoms with E-state index < -0.39 is 29.7 Å². The van der Waals surface area contributed by atoms with Crippen molar-refractivity contribution in [2.75, 3.05) is 6.61 Å². The van der Waals surface area contributed by atoms with Gasteiger partial charge in [0.15, 0.2) is 11.6 Å². The van der Waals surface area contributed by atoms with Gasteiger partial charge in [-0.2, -0.15) is 0 Å². The van der Waals surface area contributed by atoms with Crippen LogP contribution < -0.4 is 10.5 Å². The van der Waals surface area contributed by atoms with Crippen LogP contribution in [-0.2, 0) is 4.79 Å². The van der Waals surface area contributed by atoms with Crippen LogP contribution >= 0.6 is 11.6 Å². The molecule has 0 fully saturated rings. The van der Waals surface area contributed by atoms with Crippen molar-refractivity contribution in [1.29, 1.82) is 0 Å². The molecule has 26 heavy (non-hydrogen) atoms. The Balaban J connectivity index is 2.09. The number of pyridine rings is 1. The van der Waals surface area contributed by atoms with Gasteiger partial charge in [-0.1, -0.05) is 11.6 Å². The number of halogens is 2. The van der Waals surface area contributed by atoms with Crippen LogP contribution in [0, 0.1) is 12.7 Å². The van der Waals surface area contributed by atoms with Crippen LogP contribution in [-0.4, -0.2) is 34.3 Å². The highest BCUT2D eigenvalue weighted by atomic mass is 35.5. The molecule has 2 amide bonds. The van der Waals surface area contributed by atoms with Crippen LogP contribution in [0.1, 0.15) is 34.6 Å². The molecule has 2 heterocycles. The second kappa shape index (κ2) is 6.92. The van der Waals surface area contributed by atoms with E-state index in [1.165, 1.54) is 17.9 Å². The van der Waals surface area contributed by atoms with Gasteiger partial charge in [-0.05, 0) is 38.1 Å². The topological polar surface area (TPSA) is 85.5 Å². The molecule has 2 atom stereocenters. The second-order valence-corrected chi connectivity index (χ2v) is 6.50. The van der Waals surface area contributed by atoms with Crippen molar-refractivity contribution >= 4 is 23.4 Å². The molecule has 136 valence electrons. The van der Waals surface area contributed by atoms with E-state index >= 15 is 0 Å². The van der Waals surface area contributed by atoms with Gasteiger partial charge in [0.1, 0.15) is 12.6 Å². The van der Waals surface area contributed by atoms with Gasteiger partial charge in [-0.25, -0.2) is 4.39 Å². The van der Waals surface area contributed by atoms with E-state index in [4.69, 9.17) is 22.1 Å². The number of aryl methyl sites for hydroxylation is 1. The number of nitrogens with zero attached hydrogens (tertiary/aromatic N) is 2. The monoisotopic (exact) mass is 377 g/mol. The van der Waals surface area contributed by atoms with Crippen molar-refractivity contribution in [2.45, 2.75) is 25.9 Å². The average molecular weight is 378 g/mol. The van der Waals surface area contributed by atoms with E-state index in [9.17, 15) is 14.0 Å². The van der Waals surface area contributed by atoms with E-state index in [1.54, 1.807) is 25.3 Å². The molecule has 8 heteroatoms. The number of benzene rings is 1. The zero-order valence-corrected chi connectivity index (χ0v) is 15.0. The average Bonchev–Trinajstić information content (AvgIpc) is 2.99. The smallest absolute Gasteiger partial charge is 0.257 e. The van der Waals surface area contributed by atoms with Crippen molar-refractivity contribution in [2.24, 2.45) is 5.73 Å². The van der Waals surface area contributed by atoms with Crippen LogP contribution in [0.3, 0.4) is 0 Å². The van der Waals surface area contributed by atoms with Gasteiger partial charge >= 0.3 is 0 Å². The lowest BCUT2D eigenvalue weighted by atomic mass is 10.0. The maximum Gasteiger partial charge on any atom is 0.257 e. The fourth-order valence-electron chi connectivity index (χ4n) is 3.04. The molecule has 6 nitrogen and oxygen atoms in total. The Labute approximate surface area is 154 Å². The van der Waals surface area contributed by atoms with Gasteiger partial charge in [0.2, 0.25) is 5.91 Å². The number of hydrogen-bond acceptors (Lipinski definition) is 4. The molecule has 0 unspecified atom stereocenters. The highest BCUT2D eigenvalue weighted by molar-refractivity contribution is 6.30. The van der Waals surface area contributed by atoms with Crippen LogP contribution in [0.15, 0.2) is 30.5 Å². The van der Waals surface area contributed by atoms with Crippen molar-refractivity contribution in [1.82, 2.24) is 9.88 Å². The van der Waals surface area contributed by atoms with Crippen LogP contribution in [0.5, 0.6) is 5.75 Å². The number of hydrogen-bond donors (Lipinski definition) is 1. The Hall–Kier alpha value is -2.67. The van der Waals surface area contributed by atoms with Crippen molar-refractivity contribution in [3.05, 3.63) is 58.1 Å². The number of amides is 2. The van der Waals surface area contributed by atoms with E-state index in [-0.39, 0.29) is 17.4 Å². The minimum atomic E-state index is -0.941. The first-order valence-electron chi connectivity index (χ1n) is 7.96. The number of primary amides is 1. The van der Waals surface area contributed by atoms with Gasteiger partial charge in [-0.15, -0.1) is 0 Å². The molecule has 0 spiro atoms. The summed E-state index contributed by atoms with van der Waals surface area (Å²) < 4.78 is 19.6. The molecule has 3 rings (SSSR count). The van der Waals surface area contributed by atoms with Gasteiger partial charge in [0.05, 0.1) is 11.6 Å². The quantitative estimate of drug-likeness (QED) is 0.887. The molecule has 0 aliphatic carbocycles. The lowest BCUT2D eigenvalue weighted by molar-refractivity contribution is -0.122. The molecule has 1 aromatic heterocycles. The largest absolute Gasteiger partial charge is 0.488 e. The van der Waals surface area contributed by atoms with Crippen molar-refractivity contribution in [3.63, 3.8) is 0 Å². The van der Waals surface area contributed by atoms with E-state index in [0.717, 1.165) is 6.07 Å². The molecular formula is C18H17ClFN3O3. The van der Waals surface area contributed by atoms with E-state index in [1.807, 2.05) is 0 Å². The Bertz CT molecular complexity index is 890. The third kappa shape index (κ3) is 3.10. The standard InChI is InChI=1S/C18H17ClFN3O3/c1-9-12(4-3-5-22-9)18(25)23(10(2)17(21)24)15-8-26-16-13(15)6-11(19)7-14(16)20/h3-7,10,15H,8H2,1-2H3,(H2,21,24)/t10-,15-/m1/s1. The lowest BCUT2D eigenvalue weighted by Crippen LogP contribution is -2.48. The molecule has 1 aliphatic rings. The summed E-state index contributed by atoms with van der Waals surface area (Å²) in [4.78, 5) is 30.4. The Morgan fingerprint density at radius 2 is 2.19 bits per heavy atom. The number of aromatic nitrogens is 1. The predicted molar refractivity (Wildman–Crippen MR) is 93.4 cm³/mol. The van der Waals surface area contributed by atoms with Gasteiger partial charge in [0, 0.05) is 22.5 Å². The number of rotatable bonds is 4. The number of carbonyl (C=O) groups excluding carboxylic acids is 2. The van der Waals surface area contributed by atoms with E-state index in [2.05, 4.69) is 4.98 Å². The Morgan fingerprint density at radius 1 is 1.46 bits per heavy atom. The van der Waals surface area contributed by atoms with Gasteiger partial charge in [-0.3, -0.25) is 14.6 Å². The minimum absolute atomic E-state index is 0.00470. The summed E-state index contributed by atoms with van der Waals surface area (Å²) in [5.41, 5.74) is 6.69. The third-order valence-corrected chi connectivity index (χ3v) is 4.64. The third-order valence-electron chi connectivity index (χ3n) is 4.42. The predicted octanol–water partition coefficient (Wildman–Crippen LogP) is 2.63. The number of carbonyl (C=O) groups is 2. The normalized spacial score (nSPS) is 16.5. The zero-order chi connectivity index (χ0) is 19.0. The molecular weight excluding hydrogens is 361 g/mol. The molecule has 0 saturated heterocycles. The molecule has 2 aromatic rings. The molecule has 2 N–H and O–H groups in total. The molecule has 1 aromatic carbocycles. The first kappa shape index (κ1) is 18.1. The Kier molecular flexibility index (Phi) is 4.82. The summed E-state index contributed by atoms with van der Waals surface area (Å²) >= 11 is 5.96. The molecule has 0 bridgehead atoms. The fraction of sp³-hybridized carbons (Fsp3) is 0.278.